The number of aliphatic hydroxyl groups excluding tert-OH is 1. The molecule has 1 fully saturated rings. The molecule has 0 unspecified atom stereocenters. The SMILES string of the molecule is Cc1ccc(NC(=O)C2CC2)cc1NC(=O)N[C@@H]1c2ccccc2C[C@@H]1O. The summed E-state index contributed by atoms with van der Waals surface area (Å²) in [6.45, 7) is 1.89. The third-order valence-corrected chi connectivity index (χ3v) is 5.19. The van der Waals surface area contributed by atoms with Crippen molar-refractivity contribution in [2.45, 2.75) is 38.3 Å². The monoisotopic (exact) mass is 365 g/mol. The highest BCUT2D eigenvalue weighted by Gasteiger charge is 2.32. The van der Waals surface area contributed by atoms with Crippen LogP contribution in [-0.2, 0) is 11.2 Å². The molecular weight excluding hydrogens is 342 g/mol. The molecule has 6 heteroatoms. The van der Waals surface area contributed by atoms with Crippen molar-refractivity contribution < 1.29 is 14.7 Å². The molecule has 2 aliphatic rings. The van der Waals surface area contributed by atoms with Gasteiger partial charge in [0.05, 0.1) is 12.1 Å². The molecule has 4 N–H and O–H groups in total. The number of hydrogen-bond acceptors (Lipinski definition) is 3. The van der Waals surface area contributed by atoms with Crippen LogP contribution < -0.4 is 16.0 Å². The fourth-order valence-electron chi connectivity index (χ4n) is 3.47. The van der Waals surface area contributed by atoms with Gasteiger partial charge in [-0.05, 0) is 48.6 Å². The average molecular weight is 365 g/mol. The number of benzene rings is 2. The number of carbonyl (C=O) groups excluding carboxylic acids is 2. The molecule has 3 amide bonds. The number of nitrogens with one attached hydrogen (secondary N) is 3. The zero-order valence-electron chi connectivity index (χ0n) is 15.2. The van der Waals surface area contributed by atoms with E-state index in [1.54, 1.807) is 6.07 Å². The molecule has 140 valence electrons. The van der Waals surface area contributed by atoms with E-state index < -0.39 is 12.1 Å². The Morgan fingerprint density at radius 2 is 1.85 bits per heavy atom. The predicted molar refractivity (Wildman–Crippen MR) is 104 cm³/mol. The minimum Gasteiger partial charge on any atom is -0.390 e. The molecule has 2 aliphatic carbocycles. The van der Waals surface area contributed by atoms with Crippen molar-refractivity contribution in [1.82, 2.24) is 5.32 Å². The molecule has 2 aromatic rings. The zero-order chi connectivity index (χ0) is 19.0. The zero-order valence-corrected chi connectivity index (χ0v) is 15.2. The Morgan fingerprint density at radius 3 is 2.63 bits per heavy atom. The first-order valence-electron chi connectivity index (χ1n) is 9.26. The molecule has 1 saturated carbocycles. The number of amides is 3. The molecule has 6 nitrogen and oxygen atoms in total. The van der Waals surface area contributed by atoms with Crippen molar-refractivity contribution in [1.29, 1.82) is 0 Å². The van der Waals surface area contributed by atoms with E-state index in [0.717, 1.165) is 29.5 Å². The van der Waals surface area contributed by atoms with Crippen LogP contribution in [0.2, 0.25) is 0 Å². The highest BCUT2D eigenvalue weighted by atomic mass is 16.3. The van der Waals surface area contributed by atoms with Crippen molar-refractivity contribution in [3.63, 3.8) is 0 Å². The lowest BCUT2D eigenvalue weighted by Gasteiger charge is -2.19. The van der Waals surface area contributed by atoms with Crippen molar-refractivity contribution in [2.75, 3.05) is 10.6 Å². The van der Waals surface area contributed by atoms with Gasteiger partial charge < -0.3 is 21.1 Å². The predicted octanol–water partition coefficient (Wildman–Crippen LogP) is 3.12. The van der Waals surface area contributed by atoms with Crippen molar-refractivity contribution in [3.8, 4) is 0 Å². The number of urea groups is 1. The lowest BCUT2D eigenvalue weighted by atomic mass is 10.1. The molecule has 0 saturated heterocycles. The largest absolute Gasteiger partial charge is 0.390 e. The van der Waals surface area contributed by atoms with Gasteiger partial charge in [0, 0.05) is 23.7 Å². The second kappa shape index (κ2) is 7.04. The van der Waals surface area contributed by atoms with Crippen LogP contribution in [0.4, 0.5) is 16.2 Å². The Hall–Kier alpha value is -2.86. The summed E-state index contributed by atoms with van der Waals surface area (Å²) >= 11 is 0. The summed E-state index contributed by atoms with van der Waals surface area (Å²) in [6.07, 6.45) is 1.77. The number of rotatable bonds is 4. The van der Waals surface area contributed by atoms with Crippen LogP contribution in [0.15, 0.2) is 42.5 Å². The smallest absolute Gasteiger partial charge is 0.319 e. The van der Waals surface area contributed by atoms with Gasteiger partial charge >= 0.3 is 6.03 Å². The van der Waals surface area contributed by atoms with E-state index in [2.05, 4.69) is 16.0 Å². The molecular formula is C21H23N3O3. The summed E-state index contributed by atoms with van der Waals surface area (Å²) in [5.74, 6) is 0.148. The minimum atomic E-state index is -0.640. The summed E-state index contributed by atoms with van der Waals surface area (Å²) in [5.41, 5.74) is 4.18. The van der Waals surface area contributed by atoms with Crippen LogP contribution in [0.25, 0.3) is 0 Å². The standard InChI is InChI=1S/C21H23N3O3/c1-12-6-9-15(22-20(26)13-7-8-13)11-17(12)23-21(27)24-19-16-5-3-2-4-14(16)10-18(19)25/h2-6,9,11,13,18-19,25H,7-8,10H2,1H3,(H,22,26)(H2,23,24,27)/t18-,19+/m0/s1. The molecule has 2 aromatic carbocycles. The average Bonchev–Trinajstić information content (AvgIpc) is 3.44. The van der Waals surface area contributed by atoms with E-state index in [4.69, 9.17) is 0 Å². The maximum absolute atomic E-state index is 12.5. The lowest BCUT2D eigenvalue weighted by molar-refractivity contribution is -0.117. The fraction of sp³-hybridized carbons (Fsp3) is 0.333. The highest BCUT2D eigenvalue weighted by Crippen LogP contribution is 2.32. The van der Waals surface area contributed by atoms with Gasteiger partial charge in [0.1, 0.15) is 0 Å². The number of fused-ring (bicyclic) bond motifs is 1. The summed E-state index contributed by atoms with van der Waals surface area (Å²) in [5, 5.41) is 18.9. The van der Waals surface area contributed by atoms with Gasteiger partial charge in [-0.25, -0.2) is 4.79 Å². The maximum atomic E-state index is 12.5. The fourth-order valence-corrected chi connectivity index (χ4v) is 3.47. The third-order valence-electron chi connectivity index (χ3n) is 5.19. The number of aryl methyl sites for hydroxylation is 1. The summed E-state index contributed by atoms with van der Waals surface area (Å²) in [7, 11) is 0. The first-order chi connectivity index (χ1) is 13.0. The number of anilines is 2. The third kappa shape index (κ3) is 3.80. The minimum absolute atomic E-state index is 0.0277. The van der Waals surface area contributed by atoms with E-state index in [1.165, 1.54) is 0 Å². The van der Waals surface area contributed by atoms with Gasteiger partial charge in [-0.2, -0.15) is 0 Å². The van der Waals surface area contributed by atoms with Gasteiger partial charge in [-0.1, -0.05) is 30.3 Å². The molecule has 0 aliphatic heterocycles. The first-order valence-corrected chi connectivity index (χ1v) is 9.26. The number of carbonyl (C=O) groups is 2. The Morgan fingerprint density at radius 1 is 1.07 bits per heavy atom. The molecule has 0 aromatic heterocycles. The van der Waals surface area contributed by atoms with E-state index in [9.17, 15) is 14.7 Å². The van der Waals surface area contributed by atoms with Crippen LogP contribution in [0.1, 0.15) is 35.6 Å². The van der Waals surface area contributed by atoms with Gasteiger partial charge in [0.25, 0.3) is 0 Å². The molecule has 2 atom stereocenters. The van der Waals surface area contributed by atoms with Crippen LogP contribution >= 0.6 is 0 Å². The summed E-state index contributed by atoms with van der Waals surface area (Å²) in [6, 6.07) is 12.4. The molecule has 27 heavy (non-hydrogen) atoms. The molecule has 0 bridgehead atoms. The van der Waals surface area contributed by atoms with Crippen LogP contribution in [-0.4, -0.2) is 23.1 Å². The van der Waals surface area contributed by atoms with E-state index in [0.29, 0.717) is 17.8 Å². The number of hydrogen-bond donors (Lipinski definition) is 4. The Balaban J connectivity index is 1.44. The Labute approximate surface area is 158 Å². The normalized spacial score (nSPS) is 20.7. The van der Waals surface area contributed by atoms with Gasteiger partial charge in [0.2, 0.25) is 5.91 Å². The van der Waals surface area contributed by atoms with Crippen LogP contribution in [0, 0.1) is 12.8 Å². The topological polar surface area (TPSA) is 90.5 Å². The van der Waals surface area contributed by atoms with E-state index >= 15 is 0 Å². The summed E-state index contributed by atoms with van der Waals surface area (Å²) < 4.78 is 0. The van der Waals surface area contributed by atoms with Crippen molar-refractivity contribution >= 4 is 23.3 Å². The molecule has 4 rings (SSSR count). The second-order valence-electron chi connectivity index (χ2n) is 7.34. The van der Waals surface area contributed by atoms with Crippen LogP contribution in [0.5, 0.6) is 0 Å². The molecule has 0 heterocycles. The number of aliphatic hydroxyl groups is 1. The summed E-state index contributed by atoms with van der Waals surface area (Å²) in [4.78, 5) is 24.4. The Kier molecular flexibility index (Phi) is 4.58. The van der Waals surface area contributed by atoms with E-state index in [1.807, 2.05) is 43.3 Å². The highest BCUT2D eigenvalue weighted by molar-refractivity contribution is 5.96. The molecule has 0 spiro atoms. The second-order valence-corrected chi connectivity index (χ2v) is 7.34. The quantitative estimate of drug-likeness (QED) is 0.671. The van der Waals surface area contributed by atoms with Gasteiger partial charge in [-0.3, -0.25) is 4.79 Å². The maximum Gasteiger partial charge on any atom is 0.319 e. The van der Waals surface area contributed by atoms with Gasteiger partial charge in [0.15, 0.2) is 0 Å². The Bertz CT molecular complexity index is 892. The van der Waals surface area contributed by atoms with E-state index in [-0.39, 0.29) is 17.9 Å². The van der Waals surface area contributed by atoms with Crippen LogP contribution in [0.3, 0.4) is 0 Å². The molecule has 0 radical (unpaired) electrons. The van der Waals surface area contributed by atoms with Gasteiger partial charge in [-0.15, -0.1) is 0 Å². The van der Waals surface area contributed by atoms with Crippen molar-refractivity contribution in [3.05, 3.63) is 59.2 Å². The lowest BCUT2D eigenvalue weighted by Crippen LogP contribution is -2.37. The first kappa shape index (κ1) is 17.5. The van der Waals surface area contributed by atoms with Crippen molar-refractivity contribution in [2.24, 2.45) is 5.92 Å².